The van der Waals surface area contributed by atoms with Crippen LogP contribution in [0.25, 0.3) is 10.2 Å². The molecule has 2 heterocycles. The predicted molar refractivity (Wildman–Crippen MR) is 112 cm³/mol. The summed E-state index contributed by atoms with van der Waals surface area (Å²) in [7, 11) is 0. The molecule has 4 rings (SSSR count). The third-order valence-electron chi connectivity index (χ3n) is 4.99. The number of aliphatic carboxylic acids is 1. The van der Waals surface area contributed by atoms with Crippen molar-refractivity contribution in [2.45, 2.75) is 55.2 Å². The summed E-state index contributed by atoms with van der Waals surface area (Å²) in [6, 6.07) is 5.28. The maximum absolute atomic E-state index is 11.1. The van der Waals surface area contributed by atoms with Crippen LogP contribution in [0.15, 0.2) is 23.2 Å². The second-order valence-corrected chi connectivity index (χ2v) is 9.80. The van der Waals surface area contributed by atoms with Crippen LogP contribution in [0, 0.1) is 0 Å². The quantitative estimate of drug-likeness (QED) is 0.524. The van der Waals surface area contributed by atoms with Gasteiger partial charge in [0.2, 0.25) is 0 Å². The third-order valence-corrected chi connectivity index (χ3v) is 7.69. The van der Waals surface area contributed by atoms with E-state index in [1.165, 1.54) is 12.8 Å². The molecule has 0 spiro atoms. The molecule has 2 aromatic rings. The molecule has 8 heteroatoms. The van der Waals surface area contributed by atoms with Gasteiger partial charge >= 0.3 is 5.97 Å². The van der Waals surface area contributed by atoms with E-state index in [1.54, 1.807) is 11.3 Å². The SMILES string of the molecule is O=C(O)C1CCC(c2nc3ccc(OCSC4CCC(Cl)CC4)cc3s2)=N1. The second-order valence-electron chi connectivity index (χ2n) is 6.92. The van der Waals surface area contributed by atoms with Crippen LogP contribution in [0.1, 0.15) is 43.5 Å². The summed E-state index contributed by atoms with van der Waals surface area (Å²) < 4.78 is 6.97. The molecule has 1 aliphatic heterocycles. The van der Waals surface area contributed by atoms with Crippen LogP contribution in [-0.4, -0.2) is 44.4 Å². The van der Waals surface area contributed by atoms with Crippen molar-refractivity contribution in [3.63, 3.8) is 0 Å². The molecule has 5 nitrogen and oxygen atoms in total. The number of benzene rings is 1. The lowest BCUT2D eigenvalue weighted by atomic mass is 10.00. The zero-order valence-electron chi connectivity index (χ0n) is 14.8. The van der Waals surface area contributed by atoms with Gasteiger partial charge in [-0.05, 0) is 56.7 Å². The summed E-state index contributed by atoms with van der Waals surface area (Å²) in [6.07, 6.45) is 5.75. The highest BCUT2D eigenvalue weighted by Gasteiger charge is 2.26. The van der Waals surface area contributed by atoms with Crippen molar-refractivity contribution in [2.24, 2.45) is 4.99 Å². The number of aromatic nitrogens is 1. The lowest BCUT2D eigenvalue weighted by Crippen LogP contribution is -2.17. The number of carboxylic acid groups (broad SMARTS) is 1. The summed E-state index contributed by atoms with van der Waals surface area (Å²) in [5.74, 6) is 0.619. The first kappa shape index (κ1) is 19.0. The van der Waals surface area contributed by atoms with Crippen molar-refractivity contribution in [3.8, 4) is 5.75 Å². The Morgan fingerprint density at radius 2 is 2.11 bits per heavy atom. The largest absolute Gasteiger partial charge is 0.483 e. The third kappa shape index (κ3) is 4.58. The number of aliphatic imine (C=N–C) groups is 1. The predicted octanol–water partition coefficient (Wildman–Crippen LogP) is 4.95. The van der Waals surface area contributed by atoms with Gasteiger partial charge in [0.15, 0.2) is 0 Å². The monoisotopic (exact) mass is 424 g/mol. The summed E-state index contributed by atoms with van der Waals surface area (Å²) in [5.41, 5.74) is 1.70. The van der Waals surface area contributed by atoms with Crippen LogP contribution >= 0.6 is 34.7 Å². The van der Waals surface area contributed by atoms with Crippen molar-refractivity contribution < 1.29 is 14.6 Å². The maximum atomic E-state index is 11.1. The zero-order valence-corrected chi connectivity index (χ0v) is 17.2. The number of hydrogen-bond acceptors (Lipinski definition) is 6. The van der Waals surface area contributed by atoms with E-state index < -0.39 is 12.0 Å². The average Bonchev–Trinajstić information content (AvgIpc) is 3.30. The van der Waals surface area contributed by atoms with E-state index in [1.807, 2.05) is 30.0 Å². The molecule has 0 amide bonds. The normalized spacial score (nSPS) is 25.5. The van der Waals surface area contributed by atoms with Gasteiger partial charge in [-0.25, -0.2) is 9.78 Å². The molecule has 1 saturated carbocycles. The molecule has 0 saturated heterocycles. The summed E-state index contributed by atoms with van der Waals surface area (Å²) >= 11 is 9.57. The van der Waals surface area contributed by atoms with Gasteiger partial charge in [0.25, 0.3) is 0 Å². The molecule has 1 aromatic heterocycles. The Kier molecular flexibility index (Phi) is 5.90. The first-order chi connectivity index (χ1) is 13.1. The average molecular weight is 425 g/mol. The summed E-state index contributed by atoms with van der Waals surface area (Å²) in [5, 5.41) is 10.9. The minimum atomic E-state index is -0.862. The molecule has 2 aliphatic rings. The van der Waals surface area contributed by atoms with E-state index in [4.69, 9.17) is 21.4 Å². The van der Waals surface area contributed by atoms with Crippen LogP contribution in [-0.2, 0) is 4.79 Å². The zero-order chi connectivity index (χ0) is 18.8. The standard InChI is InChI=1S/C19H21ClN2O3S2/c20-11-1-4-13(5-2-11)26-10-25-12-3-6-14-17(9-12)27-18(22-14)15-7-8-16(21-15)19(23)24/h3,6,9,11,13,16H,1-2,4-5,7-8,10H2,(H,23,24). The van der Waals surface area contributed by atoms with Crippen molar-refractivity contribution in [1.82, 2.24) is 4.98 Å². The van der Waals surface area contributed by atoms with Gasteiger partial charge in [0.1, 0.15) is 22.7 Å². The van der Waals surface area contributed by atoms with E-state index in [2.05, 4.69) is 9.98 Å². The molecule has 1 atom stereocenters. The van der Waals surface area contributed by atoms with Crippen LogP contribution in [0.5, 0.6) is 5.75 Å². The number of carbonyl (C=O) groups is 1. The fourth-order valence-electron chi connectivity index (χ4n) is 3.44. The molecule has 1 fully saturated rings. The number of ether oxygens (including phenoxy) is 1. The highest BCUT2D eigenvalue weighted by atomic mass is 35.5. The van der Waals surface area contributed by atoms with Gasteiger partial charge in [-0.1, -0.05) is 0 Å². The molecule has 144 valence electrons. The number of nitrogens with zero attached hydrogens (tertiary/aromatic N) is 2. The van der Waals surface area contributed by atoms with Crippen LogP contribution < -0.4 is 4.74 Å². The fraction of sp³-hybridized carbons (Fsp3) is 0.526. The Balaban J connectivity index is 1.38. The minimum absolute atomic E-state index is 0.348. The maximum Gasteiger partial charge on any atom is 0.328 e. The highest BCUT2D eigenvalue weighted by molar-refractivity contribution is 7.99. The second kappa shape index (κ2) is 8.37. The van der Waals surface area contributed by atoms with Crippen molar-refractivity contribution >= 4 is 56.6 Å². The minimum Gasteiger partial charge on any atom is -0.483 e. The first-order valence-electron chi connectivity index (χ1n) is 9.17. The van der Waals surface area contributed by atoms with Crippen LogP contribution in [0.3, 0.4) is 0 Å². The number of thiazole rings is 1. The van der Waals surface area contributed by atoms with Crippen LogP contribution in [0.4, 0.5) is 0 Å². The lowest BCUT2D eigenvalue weighted by molar-refractivity contribution is -0.138. The summed E-state index contributed by atoms with van der Waals surface area (Å²) in [4.78, 5) is 20.0. The Morgan fingerprint density at radius 1 is 1.30 bits per heavy atom. The van der Waals surface area contributed by atoms with Crippen LogP contribution in [0.2, 0.25) is 0 Å². The molecule has 0 radical (unpaired) electrons. The Morgan fingerprint density at radius 3 is 2.85 bits per heavy atom. The Hall–Kier alpha value is -1.31. The van der Waals surface area contributed by atoms with E-state index in [-0.39, 0.29) is 0 Å². The number of halogens is 1. The van der Waals surface area contributed by atoms with Gasteiger partial charge in [-0.15, -0.1) is 34.7 Å². The Bertz CT molecular complexity index is 862. The molecule has 27 heavy (non-hydrogen) atoms. The molecular weight excluding hydrogens is 404 g/mol. The van der Waals surface area contributed by atoms with Gasteiger partial charge in [0, 0.05) is 10.6 Å². The molecular formula is C19H21ClN2O3S2. The van der Waals surface area contributed by atoms with Gasteiger partial charge < -0.3 is 9.84 Å². The van der Waals surface area contributed by atoms with Gasteiger partial charge in [-0.3, -0.25) is 4.99 Å². The number of thioether (sulfide) groups is 1. The van der Waals surface area contributed by atoms with E-state index in [0.29, 0.717) is 29.4 Å². The first-order valence-corrected chi connectivity index (χ1v) is 11.5. The molecule has 1 aromatic carbocycles. The van der Waals surface area contributed by atoms with E-state index in [0.717, 1.165) is 39.5 Å². The number of carboxylic acids is 1. The van der Waals surface area contributed by atoms with Gasteiger partial charge in [-0.2, -0.15) is 0 Å². The van der Waals surface area contributed by atoms with Gasteiger partial charge in [0.05, 0.1) is 15.9 Å². The molecule has 1 aliphatic carbocycles. The number of rotatable bonds is 6. The molecule has 1 unspecified atom stereocenters. The lowest BCUT2D eigenvalue weighted by Gasteiger charge is -2.24. The Labute approximate surface area is 171 Å². The van der Waals surface area contributed by atoms with Crippen molar-refractivity contribution in [2.75, 3.05) is 5.94 Å². The highest BCUT2D eigenvalue weighted by Crippen LogP contribution is 2.33. The number of alkyl halides is 1. The molecule has 0 bridgehead atoms. The van der Waals surface area contributed by atoms with E-state index in [9.17, 15) is 4.79 Å². The number of fused-ring (bicyclic) bond motifs is 1. The van der Waals surface area contributed by atoms with Crippen molar-refractivity contribution in [3.05, 3.63) is 23.2 Å². The number of hydrogen-bond donors (Lipinski definition) is 1. The van der Waals surface area contributed by atoms with E-state index >= 15 is 0 Å². The van der Waals surface area contributed by atoms with Crippen molar-refractivity contribution in [1.29, 1.82) is 0 Å². The smallest absolute Gasteiger partial charge is 0.328 e. The molecule has 1 N–H and O–H groups in total. The fourth-order valence-corrected chi connectivity index (χ4v) is 5.71. The summed E-state index contributed by atoms with van der Waals surface area (Å²) in [6.45, 7) is 0. The topological polar surface area (TPSA) is 71.8 Å².